The van der Waals surface area contributed by atoms with Crippen LogP contribution in [0.3, 0.4) is 0 Å². The van der Waals surface area contributed by atoms with Gasteiger partial charge in [-0.1, -0.05) is 6.07 Å². The zero-order chi connectivity index (χ0) is 12.1. The van der Waals surface area contributed by atoms with Gasteiger partial charge in [-0.25, -0.2) is 4.39 Å². The van der Waals surface area contributed by atoms with Gasteiger partial charge in [0.05, 0.1) is 11.4 Å². The molecule has 0 aliphatic heterocycles. The normalized spacial score (nSPS) is 10.2. The molecule has 4 heteroatoms. The van der Waals surface area contributed by atoms with Gasteiger partial charge in [0.25, 0.3) is 0 Å². The molecule has 3 nitrogen and oxygen atoms in total. The second-order valence-electron chi connectivity index (χ2n) is 3.73. The van der Waals surface area contributed by atoms with E-state index in [9.17, 15) is 4.39 Å². The van der Waals surface area contributed by atoms with Gasteiger partial charge in [0, 0.05) is 24.9 Å². The number of nitrogen functional groups attached to an aromatic ring is 1. The van der Waals surface area contributed by atoms with Gasteiger partial charge in [0.15, 0.2) is 0 Å². The molecule has 0 fully saturated rings. The maximum Gasteiger partial charge on any atom is 0.125 e. The van der Waals surface area contributed by atoms with E-state index < -0.39 is 0 Å². The van der Waals surface area contributed by atoms with Crippen LogP contribution in [0.5, 0.6) is 0 Å². The van der Waals surface area contributed by atoms with Crippen LogP contribution in [0.15, 0.2) is 42.6 Å². The van der Waals surface area contributed by atoms with Gasteiger partial charge in [0.2, 0.25) is 0 Å². The third-order valence-corrected chi connectivity index (χ3v) is 2.44. The Kier molecular flexibility index (Phi) is 3.55. The summed E-state index contributed by atoms with van der Waals surface area (Å²) in [6, 6.07) is 10.1. The summed E-state index contributed by atoms with van der Waals surface area (Å²) in [5, 5.41) is 3.16. The monoisotopic (exact) mass is 231 g/mol. The predicted octanol–water partition coefficient (Wildman–Crippen LogP) is 2.46. The predicted molar refractivity (Wildman–Crippen MR) is 67.2 cm³/mol. The number of hydrogen-bond acceptors (Lipinski definition) is 3. The summed E-state index contributed by atoms with van der Waals surface area (Å²) in [6.07, 6.45) is 2.57. The van der Waals surface area contributed by atoms with E-state index in [1.165, 1.54) is 12.1 Å². The van der Waals surface area contributed by atoms with Crippen molar-refractivity contribution in [2.75, 3.05) is 17.6 Å². The molecule has 0 bridgehead atoms. The Morgan fingerprint density at radius 3 is 2.82 bits per heavy atom. The number of nitrogens with zero attached hydrogens (tertiary/aromatic N) is 1. The van der Waals surface area contributed by atoms with Crippen molar-refractivity contribution in [3.8, 4) is 0 Å². The van der Waals surface area contributed by atoms with E-state index in [-0.39, 0.29) is 5.82 Å². The minimum Gasteiger partial charge on any atom is -0.397 e. The number of benzene rings is 1. The fraction of sp³-hybridized carbons (Fsp3) is 0.154. The quantitative estimate of drug-likeness (QED) is 0.795. The lowest BCUT2D eigenvalue weighted by Crippen LogP contribution is -2.07. The Bertz CT molecular complexity index is 485. The smallest absolute Gasteiger partial charge is 0.125 e. The Morgan fingerprint density at radius 2 is 2.12 bits per heavy atom. The summed E-state index contributed by atoms with van der Waals surface area (Å²) in [7, 11) is 0. The number of rotatable bonds is 4. The molecule has 0 amide bonds. The second kappa shape index (κ2) is 5.30. The molecule has 0 saturated heterocycles. The molecule has 0 saturated carbocycles. The highest BCUT2D eigenvalue weighted by atomic mass is 19.1. The van der Waals surface area contributed by atoms with Crippen molar-refractivity contribution >= 4 is 11.4 Å². The Labute approximate surface area is 99.5 Å². The SMILES string of the molecule is Nc1cc(F)ccc1NCCc1ccccn1. The number of nitrogens with two attached hydrogens (primary N) is 1. The van der Waals surface area contributed by atoms with Crippen molar-refractivity contribution in [3.05, 3.63) is 54.1 Å². The molecule has 0 atom stereocenters. The molecule has 1 aromatic heterocycles. The summed E-state index contributed by atoms with van der Waals surface area (Å²) in [6.45, 7) is 0.715. The van der Waals surface area contributed by atoms with Crippen molar-refractivity contribution in [2.45, 2.75) is 6.42 Å². The fourth-order valence-corrected chi connectivity index (χ4v) is 1.57. The minimum absolute atomic E-state index is 0.322. The number of anilines is 2. The van der Waals surface area contributed by atoms with Crippen LogP contribution >= 0.6 is 0 Å². The van der Waals surface area contributed by atoms with Crippen molar-refractivity contribution in [1.82, 2.24) is 4.98 Å². The number of pyridine rings is 1. The molecule has 0 spiro atoms. The van der Waals surface area contributed by atoms with E-state index in [4.69, 9.17) is 5.73 Å². The highest BCUT2D eigenvalue weighted by Gasteiger charge is 2.00. The average molecular weight is 231 g/mol. The zero-order valence-electron chi connectivity index (χ0n) is 9.36. The van der Waals surface area contributed by atoms with Crippen LogP contribution in [0.4, 0.5) is 15.8 Å². The zero-order valence-corrected chi connectivity index (χ0v) is 9.36. The Hall–Kier alpha value is -2.10. The first-order chi connectivity index (χ1) is 8.25. The van der Waals surface area contributed by atoms with E-state index in [0.29, 0.717) is 12.2 Å². The molecule has 17 heavy (non-hydrogen) atoms. The lowest BCUT2D eigenvalue weighted by atomic mass is 10.2. The van der Waals surface area contributed by atoms with Crippen LogP contribution in [0.2, 0.25) is 0 Å². The first-order valence-electron chi connectivity index (χ1n) is 5.44. The number of nitrogens with one attached hydrogen (secondary N) is 1. The van der Waals surface area contributed by atoms with E-state index in [2.05, 4.69) is 10.3 Å². The molecule has 2 aromatic rings. The van der Waals surface area contributed by atoms with Gasteiger partial charge < -0.3 is 11.1 Å². The average Bonchev–Trinajstić information content (AvgIpc) is 2.33. The first kappa shape index (κ1) is 11.4. The Morgan fingerprint density at radius 1 is 1.24 bits per heavy atom. The highest BCUT2D eigenvalue weighted by molar-refractivity contribution is 5.65. The second-order valence-corrected chi connectivity index (χ2v) is 3.73. The maximum absolute atomic E-state index is 12.8. The molecule has 1 aromatic carbocycles. The van der Waals surface area contributed by atoms with Crippen molar-refractivity contribution in [2.24, 2.45) is 0 Å². The van der Waals surface area contributed by atoms with Crippen LogP contribution in [-0.2, 0) is 6.42 Å². The van der Waals surface area contributed by atoms with Crippen molar-refractivity contribution in [3.63, 3.8) is 0 Å². The molecule has 2 rings (SSSR count). The highest BCUT2D eigenvalue weighted by Crippen LogP contribution is 2.18. The van der Waals surface area contributed by atoms with Gasteiger partial charge in [-0.05, 0) is 30.3 Å². The summed E-state index contributed by atoms with van der Waals surface area (Å²) in [4.78, 5) is 4.22. The maximum atomic E-state index is 12.8. The van der Waals surface area contributed by atoms with Gasteiger partial charge in [-0.15, -0.1) is 0 Å². The molecule has 0 radical (unpaired) electrons. The van der Waals surface area contributed by atoms with Crippen LogP contribution in [0.25, 0.3) is 0 Å². The van der Waals surface area contributed by atoms with Gasteiger partial charge in [-0.2, -0.15) is 0 Å². The largest absolute Gasteiger partial charge is 0.397 e. The van der Waals surface area contributed by atoms with Gasteiger partial charge >= 0.3 is 0 Å². The minimum atomic E-state index is -0.322. The van der Waals surface area contributed by atoms with Crippen molar-refractivity contribution < 1.29 is 4.39 Å². The topological polar surface area (TPSA) is 50.9 Å². The fourth-order valence-electron chi connectivity index (χ4n) is 1.57. The molecule has 0 aliphatic rings. The molecule has 3 N–H and O–H groups in total. The summed E-state index contributed by atoms with van der Waals surface area (Å²) >= 11 is 0. The van der Waals surface area contributed by atoms with Crippen LogP contribution in [-0.4, -0.2) is 11.5 Å². The van der Waals surface area contributed by atoms with Gasteiger partial charge in [0.1, 0.15) is 5.82 Å². The van der Waals surface area contributed by atoms with E-state index in [1.54, 1.807) is 12.3 Å². The number of halogens is 1. The summed E-state index contributed by atoms with van der Waals surface area (Å²) < 4.78 is 12.8. The molecule has 88 valence electrons. The van der Waals surface area contributed by atoms with Crippen LogP contribution in [0, 0.1) is 5.82 Å². The molecule has 0 aliphatic carbocycles. The Balaban J connectivity index is 1.90. The summed E-state index contributed by atoms with van der Waals surface area (Å²) in [5.41, 5.74) is 7.87. The number of aromatic nitrogens is 1. The standard InChI is InChI=1S/C13H14FN3/c14-10-4-5-13(12(15)9-10)17-8-6-11-3-1-2-7-16-11/h1-5,7,9,17H,6,8,15H2. The first-order valence-corrected chi connectivity index (χ1v) is 5.44. The molecule has 0 unspecified atom stereocenters. The van der Waals surface area contributed by atoms with E-state index >= 15 is 0 Å². The van der Waals surface area contributed by atoms with Crippen molar-refractivity contribution in [1.29, 1.82) is 0 Å². The molecular weight excluding hydrogens is 217 g/mol. The molecule has 1 heterocycles. The lowest BCUT2D eigenvalue weighted by Gasteiger charge is -2.08. The lowest BCUT2D eigenvalue weighted by molar-refractivity contribution is 0.628. The third-order valence-electron chi connectivity index (χ3n) is 2.44. The number of hydrogen-bond donors (Lipinski definition) is 2. The molecular formula is C13H14FN3. The van der Waals surface area contributed by atoms with Crippen LogP contribution < -0.4 is 11.1 Å². The van der Waals surface area contributed by atoms with E-state index in [1.807, 2.05) is 18.2 Å². The van der Waals surface area contributed by atoms with Crippen LogP contribution in [0.1, 0.15) is 5.69 Å². The third kappa shape index (κ3) is 3.17. The van der Waals surface area contributed by atoms with Gasteiger partial charge in [-0.3, -0.25) is 4.98 Å². The van der Waals surface area contributed by atoms with E-state index in [0.717, 1.165) is 17.8 Å². The summed E-state index contributed by atoms with van der Waals surface area (Å²) in [5.74, 6) is -0.322.